The molecular formula is C15H23FN2. The molecular weight excluding hydrogens is 227 g/mol. The van der Waals surface area contributed by atoms with Gasteiger partial charge in [-0.05, 0) is 50.9 Å². The SMILES string of the molecule is CC(C)(F)c1ccc(NCC2CCCCN2)cc1. The largest absolute Gasteiger partial charge is 0.383 e. The van der Waals surface area contributed by atoms with E-state index in [4.69, 9.17) is 0 Å². The summed E-state index contributed by atoms with van der Waals surface area (Å²) in [5, 5.41) is 6.91. The maximum atomic E-state index is 13.7. The van der Waals surface area contributed by atoms with Crippen molar-refractivity contribution in [2.24, 2.45) is 0 Å². The summed E-state index contributed by atoms with van der Waals surface area (Å²) < 4.78 is 13.7. The highest BCUT2D eigenvalue weighted by atomic mass is 19.1. The molecule has 2 nitrogen and oxygen atoms in total. The molecule has 0 saturated carbocycles. The lowest BCUT2D eigenvalue weighted by molar-refractivity contribution is 0.221. The summed E-state index contributed by atoms with van der Waals surface area (Å²) in [4.78, 5) is 0. The van der Waals surface area contributed by atoms with Gasteiger partial charge in [-0.15, -0.1) is 0 Å². The van der Waals surface area contributed by atoms with Crippen molar-refractivity contribution in [3.8, 4) is 0 Å². The predicted molar refractivity (Wildman–Crippen MR) is 74.7 cm³/mol. The van der Waals surface area contributed by atoms with Crippen LogP contribution in [0, 0.1) is 0 Å². The van der Waals surface area contributed by atoms with Crippen LogP contribution in [0.4, 0.5) is 10.1 Å². The number of nitrogens with one attached hydrogen (secondary N) is 2. The highest BCUT2D eigenvalue weighted by Gasteiger charge is 2.18. The van der Waals surface area contributed by atoms with Gasteiger partial charge in [0.1, 0.15) is 5.67 Å². The summed E-state index contributed by atoms with van der Waals surface area (Å²) in [5.41, 5.74) is 0.530. The van der Waals surface area contributed by atoms with Crippen LogP contribution in [-0.4, -0.2) is 19.1 Å². The van der Waals surface area contributed by atoms with Crippen molar-refractivity contribution >= 4 is 5.69 Å². The highest BCUT2D eigenvalue weighted by molar-refractivity contribution is 5.45. The van der Waals surface area contributed by atoms with Crippen LogP contribution >= 0.6 is 0 Å². The number of rotatable bonds is 4. The first-order valence-corrected chi connectivity index (χ1v) is 6.82. The van der Waals surface area contributed by atoms with Gasteiger partial charge in [-0.3, -0.25) is 0 Å². The summed E-state index contributed by atoms with van der Waals surface area (Å²) in [6.07, 6.45) is 3.84. The zero-order valence-electron chi connectivity index (χ0n) is 11.3. The number of anilines is 1. The van der Waals surface area contributed by atoms with Crippen molar-refractivity contribution in [2.45, 2.75) is 44.8 Å². The molecule has 0 bridgehead atoms. The van der Waals surface area contributed by atoms with Crippen LogP contribution in [0.3, 0.4) is 0 Å². The first-order valence-electron chi connectivity index (χ1n) is 6.82. The Morgan fingerprint density at radius 3 is 2.56 bits per heavy atom. The van der Waals surface area contributed by atoms with E-state index in [1.54, 1.807) is 13.8 Å². The normalized spacial score (nSPS) is 20.7. The molecule has 1 heterocycles. The molecule has 2 rings (SSSR count). The number of halogens is 1. The second kappa shape index (κ2) is 5.70. The zero-order chi connectivity index (χ0) is 13.0. The number of benzene rings is 1. The number of hydrogen-bond acceptors (Lipinski definition) is 2. The van der Waals surface area contributed by atoms with Crippen molar-refractivity contribution in [1.29, 1.82) is 0 Å². The lowest BCUT2D eigenvalue weighted by Crippen LogP contribution is -2.39. The van der Waals surface area contributed by atoms with Crippen LogP contribution in [0.25, 0.3) is 0 Å². The minimum absolute atomic E-state index is 0.566. The van der Waals surface area contributed by atoms with E-state index in [1.807, 2.05) is 24.3 Å². The third-order valence-corrected chi connectivity index (χ3v) is 3.54. The Kier molecular flexibility index (Phi) is 4.23. The molecule has 3 heteroatoms. The van der Waals surface area contributed by atoms with E-state index in [-0.39, 0.29) is 0 Å². The molecule has 1 saturated heterocycles. The number of hydrogen-bond donors (Lipinski definition) is 2. The lowest BCUT2D eigenvalue weighted by atomic mass is 10.00. The van der Waals surface area contributed by atoms with Crippen LogP contribution in [0.1, 0.15) is 38.7 Å². The summed E-state index contributed by atoms with van der Waals surface area (Å²) in [6.45, 7) is 5.24. The molecule has 1 atom stereocenters. The van der Waals surface area contributed by atoms with Gasteiger partial charge in [-0.25, -0.2) is 4.39 Å². The number of alkyl halides is 1. The number of piperidine rings is 1. The van der Waals surface area contributed by atoms with E-state index >= 15 is 0 Å². The first kappa shape index (κ1) is 13.3. The van der Waals surface area contributed by atoms with E-state index < -0.39 is 5.67 Å². The lowest BCUT2D eigenvalue weighted by Gasteiger charge is -2.24. The van der Waals surface area contributed by atoms with E-state index in [0.29, 0.717) is 6.04 Å². The van der Waals surface area contributed by atoms with Gasteiger partial charge in [0.25, 0.3) is 0 Å². The second-order valence-electron chi connectivity index (χ2n) is 5.58. The van der Waals surface area contributed by atoms with Crippen molar-refractivity contribution in [1.82, 2.24) is 5.32 Å². The zero-order valence-corrected chi connectivity index (χ0v) is 11.3. The van der Waals surface area contributed by atoms with Gasteiger partial charge in [0, 0.05) is 18.3 Å². The molecule has 2 N–H and O–H groups in total. The standard InChI is InChI=1S/C15H23FN2/c1-15(2,16)12-6-8-13(9-7-12)18-11-14-5-3-4-10-17-14/h6-9,14,17-18H,3-5,10-11H2,1-2H3. The molecule has 1 aromatic rings. The van der Waals surface area contributed by atoms with E-state index in [2.05, 4.69) is 10.6 Å². The Morgan fingerprint density at radius 1 is 1.28 bits per heavy atom. The molecule has 1 aliphatic rings. The summed E-state index contributed by atoms with van der Waals surface area (Å²) in [5.74, 6) is 0. The van der Waals surface area contributed by atoms with Gasteiger partial charge >= 0.3 is 0 Å². The Hall–Kier alpha value is -1.09. The van der Waals surface area contributed by atoms with Gasteiger partial charge in [-0.2, -0.15) is 0 Å². The summed E-state index contributed by atoms with van der Waals surface area (Å²) in [6, 6.07) is 8.20. The molecule has 1 fully saturated rings. The van der Waals surface area contributed by atoms with Gasteiger partial charge in [0.15, 0.2) is 0 Å². The summed E-state index contributed by atoms with van der Waals surface area (Å²) in [7, 11) is 0. The monoisotopic (exact) mass is 250 g/mol. The maximum absolute atomic E-state index is 13.7. The molecule has 0 amide bonds. The van der Waals surface area contributed by atoms with Crippen molar-refractivity contribution < 1.29 is 4.39 Å². The topological polar surface area (TPSA) is 24.1 Å². The fourth-order valence-electron chi connectivity index (χ4n) is 2.32. The summed E-state index contributed by atoms with van der Waals surface area (Å²) >= 11 is 0. The third kappa shape index (κ3) is 3.70. The Bertz CT molecular complexity index is 361. The molecule has 0 radical (unpaired) electrons. The maximum Gasteiger partial charge on any atom is 0.130 e. The molecule has 100 valence electrons. The van der Waals surface area contributed by atoms with Gasteiger partial charge in [-0.1, -0.05) is 18.6 Å². The van der Waals surface area contributed by atoms with E-state index in [1.165, 1.54) is 19.3 Å². The fourth-order valence-corrected chi connectivity index (χ4v) is 2.32. The minimum Gasteiger partial charge on any atom is -0.383 e. The quantitative estimate of drug-likeness (QED) is 0.855. The average Bonchev–Trinajstić information content (AvgIpc) is 2.37. The molecule has 0 spiro atoms. The van der Waals surface area contributed by atoms with Crippen molar-refractivity contribution in [3.05, 3.63) is 29.8 Å². The van der Waals surface area contributed by atoms with Crippen molar-refractivity contribution in [2.75, 3.05) is 18.4 Å². The molecule has 1 aliphatic heterocycles. The smallest absolute Gasteiger partial charge is 0.130 e. The van der Waals surface area contributed by atoms with Gasteiger partial charge in [0.2, 0.25) is 0 Å². The van der Waals surface area contributed by atoms with E-state index in [0.717, 1.165) is 24.3 Å². The molecule has 1 aromatic carbocycles. The highest BCUT2D eigenvalue weighted by Crippen LogP contribution is 2.25. The van der Waals surface area contributed by atoms with Crippen LogP contribution in [0.5, 0.6) is 0 Å². The Morgan fingerprint density at radius 2 is 2.00 bits per heavy atom. The average molecular weight is 250 g/mol. The van der Waals surface area contributed by atoms with Crippen LogP contribution in [0.15, 0.2) is 24.3 Å². The van der Waals surface area contributed by atoms with Gasteiger partial charge in [0.05, 0.1) is 0 Å². The van der Waals surface area contributed by atoms with Crippen LogP contribution in [0.2, 0.25) is 0 Å². The third-order valence-electron chi connectivity index (χ3n) is 3.54. The Labute approximate surface area is 109 Å². The minimum atomic E-state index is -1.26. The van der Waals surface area contributed by atoms with E-state index in [9.17, 15) is 4.39 Å². The molecule has 18 heavy (non-hydrogen) atoms. The fraction of sp³-hybridized carbons (Fsp3) is 0.600. The second-order valence-corrected chi connectivity index (χ2v) is 5.58. The van der Waals surface area contributed by atoms with Gasteiger partial charge < -0.3 is 10.6 Å². The first-order chi connectivity index (χ1) is 8.55. The molecule has 1 unspecified atom stereocenters. The Balaban J connectivity index is 1.86. The van der Waals surface area contributed by atoms with Crippen LogP contribution < -0.4 is 10.6 Å². The van der Waals surface area contributed by atoms with Crippen molar-refractivity contribution in [3.63, 3.8) is 0 Å². The van der Waals surface area contributed by atoms with Crippen LogP contribution in [-0.2, 0) is 5.67 Å². The molecule has 0 aliphatic carbocycles. The molecule has 0 aromatic heterocycles. The predicted octanol–water partition coefficient (Wildman–Crippen LogP) is 3.45.